The Balaban J connectivity index is 2.49. The van der Waals surface area contributed by atoms with Crippen LogP contribution in [0.4, 0.5) is 5.69 Å². The Kier molecular flexibility index (Phi) is 6.37. The summed E-state index contributed by atoms with van der Waals surface area (Å²) in [6, 6.07) is 6.79. The van der Waals surface area contributed by atoms with Crippen LogP contribution in [0.1, 0.15) is 13.8 Å². The third-order valence-corrected chi connectivity index (χ3v) is 3.03. The van der Waals surface area contributed by atoms with Crippen LogP contribution < -0.4 is 15.4 Å². The number of ether oxygens (including phenoxy) is 1. The van der Waals surface area contributed by atoms with Crippen LogP contribution >= 0.6 is 0 Å². The lowest BCUT2D eigenvalue weighted by Crippen LogP contribution is -2.43. The Hall–Kier alpha value is -2.08. The van der Waals surface area contributed by atoms with Gasteiger partial charge < -0.3 is 20.3 Å². The van der Waals surface area contributed by atoms with Gasteiger partial charge in [0.1, 0.15) is 5.75 Å². The SMILES string of the molecule is COc1ccc(NC(=O)C(=O)NCC(C)(C)CN(C)C)cc1. The van der Waals surface area contributed by atoms with E-state index >= 15 is 0 Å². The van der Waals surface area contributed by atoms with Crippen LogP contribution in [0.3, 0.4) is 0 Å². The van der Waals surface area contributed by atoms with Gasteiger partial charge in [-0.3, -0.25) is 9.59 Å². The van der Waals surface area contributed by atoms with Gasteiger partial charge in [-0.25, -0.2) is 0 Å². The number of carbonyl (C=O) groups is 2. The number of hydrogen-bond donors (Lipinski definition) is 2. The number of carbonyl (C=O) groups excluding carboxylic acids is 2. The summed E-state index contributed by atoms with van der Waals surface area (Å²) in [5.41, 5.74) is 0.438. The molecule has 1 rings (SSSR count). The van der Waals surface area contributed by atoms with Gasteiger partial charge in [0.25, 0.3) is 0 Å². The molecule has 0 bridgehead atoms. The molecule has 0 fully saturated rings. The zero-order chi connectivity index (χ0) is 16.8. The molecule has 6 nitrogen and oxygen atoms in total. The number of nitrogens with zero attached hydrogens (tertiary/aromatic N) is 1. The molecule has 1 aromatic rings. The average molecular weight is 307 g/mol. The topological polar surface area (TPSA) is 70.7 Å². The smallest absolute Gasteiger partial charge is 0.313 e. The van der Waals surface area contributed by atoms with Crippen molar-refractivity contribution in [3.05, 3.63) is 24.3 Å². The molecule has 0 saturated heterocycles. The van der Waals surface area contributed by atoms with E-state index in [1.165, 1.54) is 0 Å². The van der Waals surface area contributed by atoms with Crippen LogP contribution in [0.15, 0.2) is 24.3 Å². The van der Waals surface area contributed by atoms with Crippen molar-refractivity contribution < 1.29 is 14.3 Å². The van der Waals surface area contributed by atoms with Crippen LogP contribution in [0, 0.1) is 5.41 Å². The number of amides is 2. The predicted molar refractivity (Wildman–Crippen MR) is 87.0 cm³/mol. The minimum atomic E-state index is -0.675. The molecule has 2 amide bonds. The summed E-state index contributed by atoms with van der Waals surface area (Å²) in [5, 5.41) is 5.22. The molecule has 0 radical (unpaired) electrons. The van der Waals surface area contributed by atoms with Gasteiger partial charge in [-0.15, -0.1) is 0 Å². The van der Waals surface area contributed by atoms with Crippen molar-refractivity contribution in [2.45, 2.75) is 13.8 Å². The lowest BCUT2D eigenvalue weighted by Gasteiger charge is -2.28. The summed E-state index contributed by atoms with van der Waals surface area (Å²) in [4.78, 5) is 25.7. The molecule has 1 aromatic carbocycles. The Bertz CT molecular complexity index is 510. The molecule has 0 saturated carbocycles. The average Bonchev–Trinajstić information content (AvgIpc) is 2.44. The second kappa shape index (κ2) is 7.79. The van der Waals surface area contributed by atoms with Crippen molar-refractivity contribution in [2.75, 3.05) is 39.6 Å². The van der Waals surface area contributed by atoms with Crippen molar-refractivity contribution in [1.29, 1.82) is 0 Å². The zero-order valence-corrected chi connectivity index (χ0v) is 13.9. The summed E-state index contributed by atoms with van der Waals surface area (Å²) in [6.45, 7) is 5.32. The zero-order valence-electron chi connectivity index (χ0n) is 13.9. The lowest BCUT2D eigenvalue weighted by molar-refractivity contribution is -0.136. The molecule has 0 spiro atoms. The number of hydrogen-bond acceptors (Lipinski definition) is 4. The molecule has 0 aliphatic rings. The molecular formula is C16H25N3O3. The summed E-state index contributed by atoms with van der Waals surface area (Å²) in [7, 11) is 5.51. The van der Waals surface area contributed by atoms with Gasteiger partial charge >= 0.3 is 11.8 Å². The highest BCUT2D eigenvalue weighted by Gasteiger charge is 2.22. The van der Waals surface area contributed by atoms with E-state index < -0.39 is 11.8 Å². The van der Waals surface area contributed by atoms with E-state index in [2.05, 4.69) is 10.6 Å². The van der Waals surface area contributed by atoms with E-state index in [0.29, 0.717) is 18.0 Å². The summed E-state index contributed by atoms with van der Waals surface area (Å²) < 4.78 is 5.03. The van der Waals surface area contributed by atoms with Crippen LogP contribution in [0.2, 0.25) is 0 Å². The minimum absolute atomic E-state index is 0.112. The first-order chi connectivity index (χ1) is 10.2. The standard InChI is InChI=1S/C16H25N3O3/c1-16(2,11-19(3)4)10-17-14(20)15(21)18-12-6-8-13(22-5)9-7-12/h6-9H,10-11H2,1-5H3,(H,17,20)(H,18,21). The van der Waals surface area contributed by atoms with E-state index in [0.717, 1.165) is 6.54 Å². The number of anilines is 1. The highest BCUT2D eigenvalue weighted by atomic mass is 16.5. The first-order valence-corrected chi connectivity index (χ1v) is 7.11. The molecular weight excluding hydrogens is 282 g/mol. The van der Waals surface area contributed by atoms with E-state index in [1.807, 2.05) is 32.8 Å². The molecule has 122 valence electrons. The molecule has 0 heterocycles. The van der Waals surface area contributed by atoms with Gasteiger partial charge in [-0.2, -0.15) is 0 Å². The number of nitrogens with one attached hydrogen (secondary N) is 2. The van der Waals surface area contributed by atoms with Crippen molar-refractivity contribution >= 4 is 17.5 Å². The third kappa shape index (κ3) is 6.13. The number of rotatable bonds is 6. The van der Waals surface area contributed by atoms with Gasteiger partial charge in [-0.1, -0.05) is 13.8 Å². The predicted octanol–water partition coefficient (Wildman–Crippen LogP) is 1.34. The first-order valence-electron chi connectivity index (χ1n) is 7.11. The number of benzene rings is 1. The fourth-order valence-corrected chi connectivity index (χ4v) is 2.17. The first kappa shape index (κ1) is 18.0. The summed E-state index contributed by atoms with van der Waals surface area (Å²) in [5.74, 6) is -0.624. The Morgan fingerprint density at radius 3 is 2.23 bits per heavy atom. The van der Waals surface area contributed by atoms with E-state index in [1.54, 1.807) is 31.4 Å². The van der Waals surface area contributed by atoms with Gasteiger partial charge in [0.05, 0.1) is 7.11 Å². The molecule has 0 aliphatic heterocycles. The maximum atomic E-state index is 11.8. The van der Waals surface area contributed by atoms with Gasteiger partial charge in [0.2, 0.25) is 0 Å². The summed E-state index contributed by atoms with van der Waals surface area (Å²) in [6.07, 6.45) is 0. The maximum Gasteiger partial charge on any atom is 0.313 e. The number of methoxy groups -OCH3 is 1. The van der Waals surface area contributed by atoms with E-state index in [9.17, 15) is 9.59 Å². The van der Waals surface area contributed by atoms with Crippen LogP contribution in [0.5, 0.6) is 5.75 Å². The normalized spacial score (nSPS) is 11.2. The largest absolute Gasteiger partial charge is 0.497 e. The third-order valence-electron chi connectivity index (χ3n) is 3.03. The second-order valence-corrected chi connectivity index (χ2v) is 6.27. The Labute approximate surface area is 131 Å². The van der Waals surface area contributed by atoms with Gasteiger partial charge in [0, 0.05) is 18.8 Å². The van der Waals surface area contributed by atoms with Crippen LogP contribution in [-0.2, 0) is 9.59 Å². The molecule has 22 heavy (non-hydrogen) atoms. The van der Waals surface area contributed by atoms with E-state index in [4.69, 9.17) is 4.74 Å². The fourth-order valence-electron chi connectivity index (χ4n) is 2.17. The van der Waals surface area contributed by atoms with Gasteiger partial charge in [0.15, 0.2) is 0 Å². The summed E-state index contributed by atoms with van der Waals surface area (Å²) >= 11 is 0. The lowest BCUT2D eigenvalue weighted by atomic mass is 9.93. The van der Waals surface area contributed by atoms with Gasteiger partial charge in [-0.05, 0) is 43.8 Å². The highest BCUT2D eigenvalue weighted by Crippen LogP contribution is 2.15. The fraction of sp³-hybridized carbons (Fsp3) is 0.500. The van der Waals surface area contributed by atoms with E-state index in [-0.39, 0.29) is 5.41 Å². The van der Waals surface area contributed by atoms with Crippen LogP contribution in [0.25, 0.3) is 0 Å². The molecule has 0 unspecified atom stereocenters. The minimum Gasteiger partial charge on any atom is -0.497 e. The Morgan fingerprint density at radius 2 is 1.73 bits per heavy atom. The maximum absolute atomic E-state index is 11.8. The van der Waals surface area contributed by atoms with Crippen LogP contribution in [-0.4, -0.2) is 51.0 Å². The van der Waals surface area contributed by atoms with Crippen molar-refractivity contribution in [3.8, 4) is 5.75 Å². The highest BCUT2D eigenvalue weighted by molar-refractivity contribution is 6.39. The van der Waals surface area contributed by atoms with Crippen molar-refractivity contribution in [3.63, 3.8) is 0 Å². The molecule has 2 N–H and O–H groups in total. The molecule has 0 aromatic heterocycles. The molecule has 0 atom stereocenters. The Morgan fingerprint density at radius 1 is 1.14 bits per heavy atom. The molecule has 6 heteroatoms. The van der Waals surface area contributed by atoms with Crippen molar-refractivity contribution in [1.82, 2.24) is 10.2 Å². The molecule has 0 aliphatic carbocycles. The van der Waals surface area contributed by atoms with Crippen molar-refractivity contribution in [2.24, 2.45) is 5.41 Å². The second-order valence-electron chi connectivity index (χ2n) is 6.27. The quantitative estimate of drug-likeness (QED) is 0.778. The monoisotopic (exact) mass is 307 g/mol.